The van der Waals surface area contributed by atoms with E-state index >= 15 is 0 Å². The van der Waals surface area contributed by atoms with E-state index in [-0.39, 0.29) is 6.10 Å². The fraction of sp³-hybridized carbons (Fsp3) is 0.625. The average molecular weight is 260 g/mol. The minimum absolute atomic E-state index is 0.177. The average Bonchev–Trinajstić information content (AvgIpc) is 3.23. The summed E-state index contributed by atoms with van der Waals surface area (Å²) in [4.78, 5) is 2.37. The van der Waals surface area contributed by atoms with Crippen LogP contribution in [0.25, 0.3) is 0 Å². The Hall–Kier alpha value is -0.900. The molecule has 2 fully saturated rings. The van der Waals surface area contributed by atoms with Gasteiger partial charge < -0.3 is 10.4 Å². The van der Waals surface area contributed by atoms with Gasteiger partial charge in [-0.1, -0.05) is 30.3 Å². The van der Waals surface area contributed by atoms with Crippen molar-refractivity contribution in [2.45, 2.75) is 38.0 Å². The van der Waals surface area contributed by atoms with E-state index in [1.807, 2.05) is 6.07 Å². The summed E-state index contributed by atoms with van der Waals surface area (Å²) in [5.41, 5.74) is 1.34. The smallest absolute Gasteiger partial charge is 0.0707 e. The van der Waals surface area contributed by atoms with E-state index in [2.05, 4.69) is 34.5 Å². The van der Waals surface area contributed by atoms with Crippen molar-refractivity contribution in [1.29, 1.82) is 0 Å². The molecule has 0 amide bonds. The Morgan fingerprint density at radius 2 is 1.95 bits per heavy atom. The summed E-state index contributed by atoms with van der Waals surface area (Å²) in [6.45, 7) is 3.86. The van der Waals surface area contributed by atoms with Crippen molar-refractivity contribution < 1.29 is 5.11 Å². The zero-order chi connectivity index (χ0) is 13.1. The molecule has 104 valence electrons. The normalized spacial score (nSPS) is 28.5. The minimum Gasteiger partial charge on any atom is -0.391 e. The lowest BCUT2D eigenvalue weighted by Crippen LogP contribution is -2.46. The van der Waals surface area contributed by atoms with Crippen molar-refractivity contribution in [1.82, 2.24) is 10.2 Å². The number of aliphatic hydroxyl groups excluding tert-OH is 1. The Kier molecular flexibility index (Phi) is 4.16. The molecule has 3 heteroatoms. The molecule has 1 aliphatic carbocycles. The summed E-state index contributed by atoms with van der Waals surface area (Å²) < 4.78 is 0. The minimum atomic E-state index is -0.177. The summed E-state index contributed by atoms with van der Waals surface area (Å²) in [7, 11) is 0. The molecule has 1 heterocycles. The van der Waals surface area contributed by atoms with Crippen LogP contribution in [0, 0.1) is 5.92 Å². The highest BCUT2D eigenvalue weighted by Gasteiger charge is 2.29. The molecule has 19 heavy (non-hydrogen) atoms. The Balaban J connectivity index is 1.46. The van der Waals surface area contributed by atoms with Gasteiger partial charge in [-0.3, -0.25) is 4.90 Å². The SMILES string of the molecule is OC1CN(Cc2ccccc2)CCC1CNC1CC1. The Labute approximate surface area is 115 Å². The Morgan fingerprint density at radius 1 is 1.16 bits per heavy atom. The van der Waals surface area contributed by atoms with E-state index in [4.69, 9.17) is 0 Å². The molecule has 3 rings (SSSR count). The first kappa shape index (κ1) is 13.1. The van der Waals surface area contributed by atoms with Gasteiger partial charge in [-0.25, -0.2) is 0 Å². The van der Waals surface area contributed by atoms with Crippen LogP contribution in [0.1, 0.15) is 24.8 Å². The molecule has 0 radical (unpaired) electrons. The van der Waals surface area contributed by atoms with Crippen LogP contribution in [0.5, 0.6) is 0 Å². The maximum absolute atomic E-state index is 10.3. The fourth-order valence-electron chi connectivity index (χ4n) is 2.87. The van der Waals surface area contributed by atoms with Crippen molar-refractivity contribution in [2.24, 2.45) is 5.92 Å². The topological polar surface area (TPSA) is 35.5 Å². The first-order chi connectivity index (χ1) is 9.31. The largest absolute Gasteiger partial charge is 0.391 e. The molecule has 1 aliphatic heterocycles. The third-order valence-corrected chi connectivity index (χ3v) is 4.30. The number of piperidine rings is 1. The lowest BCUT2D eigenvalue weighted by Gasteiger charge is -2.36. The van der Waals surface area contributed by atoms with Gasteiger partial charge in [0, 0.05) is 25.7 Å². The second-order valence-electron chi connectivity index (χ2n) is 6.02. The van der Waals surface area contributed by atoms with E-state index in [1.54, 1.807) is 0 Å². The van der Waals surface area contributed by atoms with E-state index in [9.17, 15) is 5.11 Å². The van der Waals surface area contributed by atoms with Gasteiger partial charge in [-0.2, -0.15) is 0 Å². The van der Waals surface area contributed by atoms with Crippen molar-refractivity contribution in [2.75, 3.05) is 19.6 Å². The van der Waals surface area contributed by atoms with Gasteiger partial charge in [0.1, 0.15) is 0 Å². The number of nitrogens with zero attached hydrogens (tertiary/aromatic N) is 1. The number of hydrogen-bond donors (Lipinski definition) is 2. The van der Waals surface area contributed by atoms with Crippen LogP contribution in [0.2, 0.25) is 0 Å². The first-order valence-electron chi connectivity index (χ1n) is 7.49. The Bertz CT molecular complexity index is 391. The van der Waals surface area contributed by atoms with E-state index in [1.165, 1.54) is 18.4 Å². The number of rotatable bonds is 5. The highest BCUT2D eigenvalue weighted by atomic mass is 16.3. The third-order valence-electron chi connectivity index (χ3n) is 4.30. The van der Waals surface area contributed by atoms with Gasteiger partial charge in [0.25, 0.3) is 0 Å². The number of aliphatic hydroxyl groups is 1. The number of likely N-dealkylation sites (tertiary alicyclic amines) is 1. The molecule has 2 atom stereocenters. The second-order valence-corrected chi connectivity index (χ2v) is 6.02. The van der Waals surface area contributed by atoms with Crippen LogP contribution in [-0.4, -0.2) is 41.8 Å². The van der Waals surface area contributed by atoms with Gasteiger partial charge in [0.15, 0.2) is 0 Å². The summed E-state index contributed by atoms with van der Waals surface area (Å²) in [5, 5.41) is 13.8. The summed E-state index contributed by atoms with van der Waals surface area (Å²) in [5.74, 6) is 0.438. The molecule has 1 aromatic rings. The molecule has 0 spiro atoms. The summed E-state index contributed by atoms with van der Waals surface area (Å²) in [6.07, 6.45) is 3.57. The van der Waals surface area contributed by atoms with Gasteiger partial charge in [0.2, 0.25) is 0 Å². The predicted octanol–water partition coefficient (Wildman–Crippen LogP) is 1.62. The van der Waals surface area contributed by atoms with Gasteiger partial charge in [-0.05, 0) is 37.3 Å². The molecule has 1 aromatic carbocycles. The lowest BCUT2D eigenvalue weighted by atomic mass is 9.93. The number of nitrogens with one attached hydrogen (secondary N) is 1. The van der Waals surface area contributed by atoms with Crippen molar-refractivity contribution in [3.8, 4) is 0 Å². The van der Waals surface area contributed by atoms with Gasteiger partial charge in [-0.15, -0.1) is 0 Å². The highest BCUT2D eigenvalue weighted by Crippen LogP contribution is 2.22. The molecule has 0 bridgehead atoms. The molecule has 1 saturated carbocycles. The zero-order valence-corrected chi connectivity index (χ0v) is 11.5. The van der Waals surface area contributed by atoms with Crippen LogP contribution in [0.15, 0.2) is 30.3 Å². The molecule has 2 N–H and O–H groups in total. The quantitative estimate of drug-likeness (QED) is 0.844. The zero-order valence-electron chi connectivity index (χ0n) is 11.5. The maximum atomic E-state index is 10.3. The molecule has 2 aliphatic rings. The monoisotopic (exact) mass is 260 g/mol. The molecule has 1 saturated heterocycles. The summed E-state index contributed by atoms with van der Waals surface area (Å²) in [6, 6.07) is 11.3. The molecule has 0 aromatic heterocycles. The van der Waals surface area contributed by atoms with E-state index < -0.39 is 0 Å². The van der Waals surface area contributed by atoms with Gasteiger partial charge in [0.05, 0.1) is 6.10 Å². The van der Waals surface area contributed by atoms with Crippen LogP contribution in [0.3, 0.4) is 0 Å². The van der Waals surface area contributed by atoms with Gasteiger partial charge >= 0.3 is 0 Å². The number of benzene rings is 1. The fourth-order valence-corrected chi connectivity index (χ4v) is 2.87. The van der Waals surface area contributed by atoms with Crippen molar-refractivity contribution >= 4 is 0 Å². The maximum Gasteiger partial charge on any atom is 0.0707 e. The van der Waals surface area contributed by atoms with Crippen LogP contribution < -0.4 is 5.32 Å². The highest BCUT2D eigenvalue weighted by molar-refractivity contribution is 5.14. The van der Waals surface area contributed by atoms with Crippen LogP contribution in [-0.2, 0) is 6.54 Å². The third kappa shape index (κ3) is 3.78. The molecular weight excluding hydrogens is 236 g/mol. The standard InChI is InChI=1S/C16H24N2O/c19-16-12-18(11-13-4-2-1-3-5-13)9-8-14(16)10-17-15-6-7-15/h1-5,14-17,19H,6-12H2. The van der Waals surface area contributed by atoms with Crippen LogP contribution >= 0.6 is 0 Å². The van der Waals surface area contributed by atoms with E-state index in [0.717, 1.165) is 38.6 Å². The van der Waals surface area contributed by atoms with Crippen molar-refractivity contribution in [3.05, 3.63) is 35.9 Å². The number of hydrogen-bond acceptors (Lipinski definition) is 3. The Morgan fingerprint density at radius 3 is 2.63 bits per heavy atom. The summed E-state index contributed by atoms with van der Waals surface area (Å²) >= 11 is 0. The lowest BCUT2D eigenvalue weighted by molar-refractivity contribution is 0.0188. The van der Waals surface area contributed by atoms with Crippen molar-refractivity contribution in [3.63, 3.8) is 0 Å². The molecule has 3 nitrogen and oxygen atoms in total. The molecular formula is C16H24N2O. The second kappa shape index (κ2) is 6.04. The van der Waals surface area contributed by atoms with Crippen LogP contribution in [0.4, 0.5) is 0 Å². The first-order valence-corrected chi connectivity index (χ1v) is 7.49. The number of β-amino-alcohol motifs (C(OH)–C–C–N with tert-alkyl or cyclic N) is 1. The molecule has 2 unspecified atom stereocenters. The van der Waals surface area contributed by atoms with E-state index in [0.29, 0.717) is 5.92 Å². The predicted molar refractivity (Wildman–Crippen MR) is 76.9 cm³/mol.